The van der Waals surface area contributed by atoms with Crippen LogP contribution < -0.4 is 5.32 Å². The molecule has 21 heavy (non-hydrogen) atoms. The number of carboxylic acids is 1. The monoisotopic (exact) mass is 361 g/mol. The SMILES string of the molecule is CC(C)(C)OC(=O)NC(Cc1ccc(F)c(Br)c1)C(=O)O. The number of alkyl carbamates (subject to hydrolysis) is 1. The van der Waals surface area contributed by atoms with Gasteiger partial charge in [-0.2, -0.15) is 0 Å². The lowest BCUT2D eigenvalue weighted by molar-refractivity contribution is -0.139. The van der Waals surface area contributed by atoms with E-state index in [2.05, 4.69) is 21.2 Å². The minimum absolute atomic E-state index is 0.0213. The number of aliphatic carboxylic acids is 1. The molecule has 5 nitrogen and oxygen atoms in total. The van der Waals surface area contributed by atoms with Crippen molar-refractivity contribution in [1.82, 2.24) is 5.32 Å². The first-order valence-corrected chi connectivity index (χ1v) is 7.04. The average molecular weight is 362 g/mol. The number of ether oxygens (including phenoxy) is 1. The van der Waals surface area contributed by atoms with Crippen LogP contribution in [0.25, 0.3) is 0 Å². The van der Waals surface area contributed by atoms with Crippen molar-refractivity contribution in [2.75, 3.05) is 0 Å². The Bertz CT molecular complexity index is 542. The fourth-order valence-electron chi connectivity index (χ4n) is 1.55. The van der Waals surface area contributed by atoms with Gasteiger partial charge in [0.05, 0.1) is 4.47 Å². The van der Waals surface area contributed by atoms with E-state index in [9.17, 15) is 14.0 Å². The molecule has 0 heterocycles. The largest absolute Gasteiger partial charge is 0.480 e. The predicted molar refractivity (Wildman–Crippen MR) is 78.6 cm³/mol. The molecule has 1 amide bonds. The highest BCUT2D eigenvalue weighted by Crippen LogP contribution is 2.18. The van der Waals surface area contributed by atoms with Gasteiger partial charge in [-0.05, 0) is 54.4 Å². The minimum Gasteiger partial charge on any atom is -0.480 e. The maximum absolute atomic E-state index is 13.1. The van der Waals surface area contributed by atoms with Gasteiger partial charge in [0.25, 0.3) is 0 Å². The molecule has 1 atom stereocenters. The van der Waals surface area contributed by atoms with Crippen molar-refractivity contribution in [2.24, 2.45) is 0 Å². The van der Waals surface area contributed by atoms with Gasteiger partial charge >= 0.3 is 12.1 Å². The Hall–Kier alpha value is -1.63. The molecule has 2 N–H and O–H groups in total. The van der Waals surface area contributed by atoms with E-state index in [0.29, 0.717) is 5.56 Å². The van der Waals surface area contributed by atoms with Gasteiger partial charge in [0.15, 0.2) is 0 Å². The van der Waals surface area contributed by atoms with Gasteiger partial charge < -0.3 is 15.2 Å². The number of rotatable bonds is 4. The first-order chi connectivity index (χ1) is 9.58. The van der Waals surface area contributed by atoms with Crippen LogP contribution in [-0.2, 0) is 16.0 Å². The van der Waals surface area contributed by atoms with E-state index >= 15 is 0 Å². The van der Waals surface area contributed by atoms with Crippen LogP contribution in [0, 0.1) is 5.82 Å². The van der Waals surface area contributed by atoms with Crippen molar-refractivity contribution < 1.29 is 23.8 Å². The van der Waals surface area contributed by atoms with Crippen molar-refractivity contribution in [2.45, 2.75) is 38.8 Å². The topological polar surface area (TPSA) is 75.6 Å². The van der Waals surface area contributed by atoms with Crippen molar-refractivity contribution in [3.8, 4) is 0 Å². The third-order valence-electron chi connectivity index (χ3n) is 2.41. The molecule has 116 valence electrons. The lowest BCUT2D eigenvalue weighted by Crippen LogP contribution is -2.44. The summed E-state index contributed by atoms with van der Waals surface area (Å²) < 4.78 is 18.4. The number of amides is 1. The Morgan fingerprint density at radius 3 is 2.52 bits per heavy atom. The molecule has 0 saturated carbocycles. The molecule has 0 spiro atoms. The highest BCUT2D eigenvalue weighted by Gasteiger charge is 2.24. The van der Waals surface area contributed by atoms with E-state index < -0.39 is 29.5 Å². The van der Waals surface area contributed by atoms with Crippen molar-refractivity contribution >= 4 is 28.0 Å². The zero-order valence-corrected chi connectivity index (χ0v) is 13.5. The second-order valence-electron chi connectivity index (χ2n) is 5.49. The summed E-state index contributed by atoms with van der Waals surface area (Å²) in [6.45, 7) is 5.04. The highest BCUT2D eigenvalue weighted by atomic mass is 79.9. The maximum Gasteiger partial charge on any atom is 0.408 e. The smallest absolute Gasteiger partial charge is 0.408 e. The van der Waals surface area contributed by atoms with E-state index in [0.717, 1.165) is 0 Å². The van der Waals surface area contributed by atoms with Gasteiger partial charge in [-0.15, -0.1) is 0 Å². The van der Waals surface area contributed by atoms with Gasteiger partial charge in [-0.25, -0.2) is 14.0 Å². The number of benzene rings is 1. The molecule has 1 unspecified atom stereocenters. The van der Waals surface area contributed by atoms with E-state index in [4.69, 9.17) is 9.84 Å². The van der Waals surface area contributed by atoms with Crippen LogP contribution >= 0.6 is 15.9 Å². The van der Waals surface area contributed by atoms with Crippen LogP contribution in [0.2, 0.25) is 0 Å². The molecule has 7 heteroatoms. The fourth-order valence-corrected chi connectivity index (χ4v) is 1.98. The third-order valence-corrected chi connectivity index (χ3v) is 3.02. The molecule has 1 aromatic rings. The van der Waals surface area contributed by atoms with Crippen molar-refractivity contribution in [3.05, 3.63) is 34.1 Å². The second-order valence-corrected chi connectivity index (χ2v) is 6.34. The average Bonchev–Trinajstić information content (AvgIpc) is 2.30. The Labute approximate surface area is 130 Å². The molecule has 0 bridgehead atoms. The quantitative estimate of drug-likeness (QED) is 0.863. The van der Waals surface area contributed by atoms with Gasteiger partial charge in [0.1, 0.15) is 17.5 Å². The number of hydrogen-bond donors (Lipinski definition) is 2. The Morgan fingerprint density at radius 1 is 1.43 bits per heavy atom. The molecular formula is C14H17BrFNO4. The van der Waals surface area contributed by atoms with E-state index in [1.807, 2.05) is 0 Å². The number of carboxylic acid groups (broad SMARTS) is 1. The molecule has 0 aliphatic rings. The lowest BCUT2D eigenvalue weighted by atomic mass is 10.1. The number of carbonyl (C=O) groups excluding carboxylic acids is 1. The van der Waals surface area contributed by atoms with Gasteiger partial charge in [-0.3, -0.25) is 0 Å². The first-order valence-electron chi connectivity index (χ1n) is 6.25. The predicted octanol–water partition coefficient (Wildman–Crippen LogP) is 3.11. The molecule has 0 aliphatic carbocycles. The molecule has 0 saturated heterocycles. The molecule has 0 fully saturated rings. The molecule has 1 aromatic carbocycles. The van der Waals surface area contributed by atoms with Crippen LogP contribution in [0.15, 0.2) is 22.7 Å². The Kier molecular flexibility index (Phi) is 5.71. The lowest BCUT2D eigenvalue weighted by Gasteiger charge is -2.22. The summed E-state index contributed by atoms with van der Waals surface area (Å²) in [5.74, 6) is -1.63. The Balaban J connectivity index is 2.76. The zero-order valence-electron chi connectivity index (χ0n) is 11.9. The van der Waals surface area contributed by atoms with E-state index in [1.165, 1.54) is 18.2 Å². The van der Waals surface area contributed by atoms with Crippen LogP contribution in [-0.4, -0.2) is 28.8 Å². The van der Waals surface area contributed by atoms with Crippen LogP contribution in [0.4, 0.5) is 9.18 Å². The van der Waals surface area contributed by atoms with Crippen molar-refractivity contribution in [3.63, 3.8) is 0 Å². The summed E-state index contributed by atoms with van der Waals surface area (Å²) in [6, 6.07) is 3.01. The first kappa shape index (κ1) is 17.4. The summed E-state index contributed by atoms with van der Waals surface area (Å²) in [5, 5.41) is 11.4. The van der Waals surface area contributed by atoms with Gasteiger partial charge in [0.2, 0.25) is 0 Å². The number of carbonyl (C=O) groups is 2. The van der Waals surface area contributed by atoms with Gasteiger partial charge in [-0.1, -0.05) is 6.07 Å². The van der Waals surface area contributed by atoms with Crippen LogP contribution in [0.5, 0.6) is 0 Å². The summed E-state index contributed by atoms with van der Waals surface area (Å²) in [5.41, 5.74) is -0.141. The van der Waals surface area contributed by atoms with Crippen molar-refractivity contribution in [1.29, 1.82) is 0 Å². The minimum atomic E-state index is -1.19. The standard InChI is InChI=1S/C14H17BrFNO4/c1-14(2,3)21-13(20)17-11(12(18)19)7-8-4-5-10(16)9(15)6-8/h4-6,11H,7H2,1-3H3,(H,17,20)(H,18,19). The Morgan fingerprint density at radius 2 is 2.05 bits per heavy atom. The molecule has 1 rings (SSSR count). The van der Waals surface area contributed by atoms with Gasteiger partial charge in [0, 0.05) is 6.42 Å². The molecule has 0 aliphatic heterocycles. The molecular weight excluding hydrogens is 345 g/mol. The maximum atomic E-state index is 13.1. The van der Waals surface area contributed by atoms with E-state index in [1.54, 1.807) is 20.8 Å². The number of halogens is 2. The summed E-state index contributed by atoms with van der Waals surface area (Å²) >= 11 is 3.03. The van der Waals surface area contributed by atoms with Crippen LogP contribution in [0.1, 0.15) is 26.3 Å². The third kappa shape index (κ3) is 6.12. The normalized spacial score (nSPS) is 12.6. The van der Waals surface area contributed by atoms with Crippen LogP contribution in [0.3, 0.4) is 0 Å². The fraction of sp³-hybridized carbons (Fsp3) is 0.429. The summed E-state index contributed by atoms with van der Waals surface area (Å²) in [6.07, 6.45) is -0.788. The summed E-state index contributed by atoms with van der Waals surface area (Å²) in [4.78, 5) is 22.8. The molecule has 0 radical (unpaired) electrons. The zero-order chi connectivity index (χ0) is 16.2. The second kappa shape index (κ2) is 6.89. The summed E-state index contributed by atoms with van der Waals surface area (Å²) in [7, 11) is 0. The highest BCUT2D eigenvalue weighted by molar-refractivity contribution is 9.10. The molecule has 0 aromatic heterocycles. The van der Waals surface area contributed by atoms with E-state index in [-0.39, 0.29) is 10.9 Å². The number of nitrogens with one attached hydrogen (secondary N) is 1. The number of hydrogen-bond acceptors (Lipinski definition) is 3.